The van der Waals surface area contributed by atoms with Gasteiger partial charge in [-0.15, -0.1) is 0 Å². The number of halogens is 1. The molecule has 0 aromatic heterocycles. The van der Waals surface area contributed by atoms with Crippen LogP contribution < -0.4 is 10.6 Å². The first-order valence-electron chi connectivity index (χ1n) is 9.43. The summed E-state index contributed by atoms with van der Waals surface area (Å²) in [6.45, 7) is 7.31. The first-order valence-corrected chi connectivity index (χ1v) is 10.2. The van der Waals surface area contributed by atoms with Crippen LogP contribution in [0.25, 0.3) is 0 Å². The summed E-state index contributed by atoms with van der Waals surface area (Å²) < 4.78 is 0.801. The fourth-order valence-electron chi connectivity index (χ4n) is 3.50. The van der Waals surface area contributed by atoms with Crippen molar-refractivity contribution in [3.8, 4) is 0 Å². The Kier molecular flexibility index (Phi) is 5.80. The lowest BCUT2D eigenvalue weighted by atomic mass is 9.92. The first kappa shape index (κ1) is 21.0. The van der Waals surface area contributed by atoms with E-state index in [-0.39, 0.29) is 12.5 Å². The van der Waals surface area contributed by atoms with Gasteiger partial charge in [0.1, 0.15) is 12.1 Å². The second-order valence-electron chi connectivity index (χ2n) is 7.70. The molecule has 0 spiro atoms. The highest BCUT2D eigenvalue weighted by Crippen LogP contribution is 2.31. The molecule has 0 aliphatic carbocycles. The van der Waals surface area contributed by atoms with Crippen molar-refractivity contribution in [2.75, 3.05) is 11.9 Å². The number of amides is 4. The predicted molar refractivity (Wildman–Crippen MR) is 116 cm³/mol. The van der Waals surface area contributed by atoms with Crippen LogP contribution >= 0.6 is 15.9 Å². The molecule has 7 heteroatoms. The highest BCUT2D eigenvalue weighted by Gasteiger charge is 2.49. The molecule has 1 aliphatic rings. The van der Waals surface area contributed by atoms with Crippen LogP contribution in [0, 0.1) is 6.92 Å². The van der Waals surface area contributed by atoms with Gasteiger partial charge in [0.15, 0.2) is 0 Å². The third kappa shape index (κ3) is 4.05. The van der Waals surface area contributed by atoms with E-state index in [1.807, 2.05) is 45.0 Å². The van der Waals surface area contributed by atoms with Crippen molar-refractivity contribution >= 4 is 39.5 Å². The van der Waals surface area contributed by atoms with E-state index in [0.717, 1.165) is 26.2 Å². The second-order valence-corrected chi connectivity index (χ2v) is 8.61. The molecule has 152 valence electrons. The van der Waals surface area contributed by atoms with E-state index in [4.69, 9.17) is 0 Å². The zero-order valence-corrected chi connectivity index (χ0v) is 18.5. The quantitative estimate of drug-likeness (QED) is 0.657. The number of anilines is 1. The molecular weight excluding hydrogens is 434 g/mol. The number of carbonyl (C=O) groups excluding carboxylic acids is 3. The molecule has 3 rings (SSSR count). The lowest BCUT2D eigenvalue weighted by Crippen LogP contribution is -2.42. The average molecular weight is 458 g/mol. The summed E-state index contributed by atoms with van der Waals surface area (Å²) in [5, 5.41) is 5.60. The number of hydrogen-bond acceptors (Lipinski definition) is 3. The van der Waals surface area contributed by atoms with E-state index in [9.17, 15) is 14.4 Å². The zero-order valence-electron chi connectivity index (χ0n) is 16.9. The van der Waals surface area contributed by atoms with Crippen molar-refractivity contribution in [2.45, 2.75) is 39.2 Å². The second kappa shape index (κ2) is 7.99. The average Bonchev–Trinajstić information content (AvgIpc) is 2.87. The molecule has 4 amide bonds. The Hall–Kier alpha value is -2.67. The van der Waals surface area contributed by atoms with Gasteiger partial charge >= 0.3 is 6.03 Å². The molecular formula is C22H24BrN3O3. The van der Waals surface area contributed by atoms with Crippen LogP contribution in [-0.4, -0.2) is 29.3 Å². The van der Waals surface area contributed by atoms with Crippen LogP contribution in [0.5, 0.6) is 0 Å². The molecule has 1 aliphatic heterocycles. The molecule has 6 nitrogen and oxygen atoms in total. The van der Waals surface area contributed by atoms with Crippen molar-refractivity contribution in [3.63, 3.8) is 0 Å². The molecule has 1 saturated heterocycles. The van der Waals surface area contributed by atoms with E-state index >= 15 is 0 Å². The summed E-state index contributed by atoms with van der Waals surface area (Å²) in [6, 6.07) is 12.4. The van der Waals surface area contributed by atoms with Crippen LogP contribution in [0.4, 0.5) is 10.5 Å². The van der Waals surface area contributed by atoms with Crippen molar-refractivity contribution in [2.24, 2.45) is 0 Å². The topological polar surface area (TPSA) is 78.5 Å². The minimum atomic E-state index is -1.22. The van der Waals surface area contributed by atoms with Gasteiger partial charge in [-0.05, 0) is 48.6 Å². The fraction of sp³-hybridized carbons (Fsp3) is 0.318. The van der Waals surface area contributed by atoms with Crippen molar-refractivity contribution in [1.82, 2.24) is 10.2 Å². The van der Waals surface area contributed by atoms with E-state index in [2.05, 4.69) is 26.6 Å². The lowest BCUT2D eigenvalue weighted by Gasteiger charge is -2.22. The molecule has 2 N–H and O–H groups in total. The van der Waals surface area contributed by atoms with E-state index in [0.29, 0.717) is 5.56 Å². The molecule has 29 heavy (non-hydrogen) atoms. The number of imide groups is 1. The van der Waals surface area contributed by atoms with Gasteiger partial charge in [0.25, 0.3) is 5.91 Å². The molecule has 1 heterocycles. The normalized spacial score (nSPS) is 18.9. The smallest absolute Gasteiger partial charge is 0.324 e. The van der Waals surface area contributed by atoms with Crippen LogP contribution in [0.1, 0.15) is 43.4 Å². The van der Waals surface area contributed by atoms with Gasteiger partial charge in [0, 0.05) is 10.2 Å². The predicted octanol–water partition coefficient (Wildman–Crippen LogP) is 4.29. The maximum absolute atomic E-state index is 13.0. The maximum atomic E-state index is 13.0. The van der Waals surface area contributed by atoms with Gasteiger partial charge in [-0.2, -0.15) is 0 Å². The molecule has 1 atom stereocenters. The Morgan fingerprint density at radius 1 is 1.21 bits per heavy atom. The lowest BCUT2D eigenvalue weighted by molar-refractivity contribution is -0.133. The maximum Gasteiger partial charge on any atom is 0.325 e. The summed E-state index contributed by atoms with van der Waals surface area (Å²) in [4.78, 5) is 39.2. The van der Waals surface area contributed by atoms with E-state index in [1.54, 1.807) is 25.1 Å². The summed E-state index contributed by atoms with van der Waals surface area (Å²) in [7, 11) is 0. The Balaban J connectivity index is 1.80. The van der Waals surface area contributed by atoms with Gasteiger partial charge in [0.05, 0.1) is 0 Å². The SMILES string of the molecule is Cc1cccc(C(C)C)c1NC(=O)CN1C(=O)NC(C)(c2cccc(Br)c2)C1=O. The molecule has 1 fully saturated rings. The number of benzene rings is 2. The minimum Gasteiger partial charge on any atom is -0.324 e. The van der Waals surface area contributed by atoms with E-state index < -0.39 is 23.4 Å². The van der Waals surface area contributed by atoms with Gasteiger partial charge < -0.3 is 10.6 Å². The van der Waals surface area contributed by atoms with Crippen molar-refractivity contribution in [1.29, 1.82) is 0 Å². The van der Waals surface area contributed by atoms with E-state index in [1.165, 1.54) is 0 Å². The Morgan fingerprint density at radius 2 is 1.90 bits per heavy atom. The summed E-state index contributed by atoms with van der Waals surface area (Å²) >= 11 is 3.38. The number of nitrogens with zero attached hydrogens (tertiary/aromatic N) is 1. The Labute approximate surface area is 178 Å². The number of hydrogen-bond donors (Lipinski definition) is 2. The standard InChI is InChI=1S/C22H24BrN3O3/c1-13(2)17-10-5-7-14(3)19(17)24-18(27)12-26-20(28)22(4,25-21(26)29)15-8-6-9-16(23)11-15/h5-11,13H,12H2,1-4H3,(H,24,27)(H,25,29). The summed E-state index contributed by atoms with van der Waals surface area (Å²) in [5.41, 5.74) is 2.10. The minimum absolute atomic E-state index is 0.224. The third-order valence-electron chi connectivity index (χ3n) is 5.17. The van der Waals surface area contributed by atoms with Crippen molar-refractivity contribution < 1.29 is 14.4 Å². The molecule has 2 aromatic carbocycles. The first-order chi connectivity index (χ1) is 13.6. The van der Waals surface area contributed by atoms with Gasteiger partial charge in [-0.25, -0.2) is 4.79 Å². The molecule has 0 radical (unpaired) electrons. The summed E-state index contributed by atoms with van der Waals surface area (Å²) in [6.07, 6.45) is 0. The number of carbonyl (C=O) groups is 3. The Bertz CT molecular complexity index is 989. The highest BCUT2D eigenvalue weighted by molar-refractivity contribution is 9.10. The monoisotopic (exact) mass is 457 g/mol. The molecule has 0 bridgehead atoms. The number of rotatable bonds is 5. The zero-order chi connectivity index (χ0) is 21.3. The van der Waals surface area contributed by atoms with Crippen LogP contribution in [0.3, 0.4) is 0 Å². The number of aryl methyl sites for hydroxylation is 1. The van der Waals surface area contributed by atoms with Gasteiger partial charge in [-0.3, -0.25) is 14.5 Å². The fourth-order valence-corrected chi connectivity index (χ4v) is 3.90. The molecule has 1 unspecified atom stereocenters. The van der Waals surface area contributed by atoms with Crippen LogP contribution in [0.15, 0.2) is 46.9 Å². The van der Waals surface area contributed by atoms with Crippen LogP contribution in [0.2, 0.25) is 0 Å². The third-order valence-corrected chi connectivity index (χ3v) is 5.66. The Morgan fingerprint density at radius 3 is 2.55 bits per heavy atom. The molecule has 2 aromatic rings. The summed E-state index contributed by atoms with van der Waals surface area (Å²) in [5.74, 6) is -0.644. The highest BCUT2D eigenvalue weighted by atomic mass is 79.9. The number of urea groups is 1. The molecule has 0 saturated carbocycles. The largest absolute Gasteiger partial charge is 0.325 e. The van der Waals surface area contributed by atoms with Gasteiger partial charge in [-0.1, -0.05) is 60.1 Å². The van der Waals surface area contributed by atoms with Gasteiger partial charge in [0.2, 0.25) is 5.91 Å². The number of para-hydroxylation sites is 1. The van der Waals surface area contributed by atoms with Crippen LogP contribution in [-0.2, 0) is 15.1 Å². The number of nitrogens with one attached hydrogen (secondary N) is 2. The van der Waals surface area contributed by atoms with Crippen molar-refractivity contribution in [3.05, 3.63) is 63.6 Å².